The van der Waals surface area contributed by atoms with Crippen LogP contribution in [0.5, 0.6) is 0 Å². The number of nitrogens with zero attached hydrogens (tertiary/aromatic N) is 1. The molecule has 0 radical (unpaired) electrons. The summed E-state index contributed by atoms with van der Waals surface area (Å²) in [7, 11) is 0. The minimum atomic E-state index is -4.37. The molecule has 4 aromatic rings. The van der Waals surface area contributed by atoms with Crippen molar-refractivity contribution < 1.29 is 27.6 Å². The second-order valence-corrected chi connectivity index (χ2v) is 9.94. The highest BCUT2D eigenvalue weighted by molar-refractivity contribution is 5.94. The lowest BCUT2D eigenvalue weighted by Crippen LogP contribution is -2.26. The number of nitrogens with one attached hydrogen (secondary N) is 1. The van der Waals surface area contributed by atoms with E-state index in [2.05, 4.69) is 23.9 Å². The van der Waals surface area contributed by atoms with Crippen LogP contribution in [0.4, 0.5) is 13.2 Å². The summed E-state index contributed by atoms with van der Waals surface area (Å²) in [6.07, 6.45) is -0.316. The monoisotopic (exact) mass is 536 g/mol. The van der Waals surface area contributed by atoms with Crippen LogP contribution in [0.1, 0.15) is 67.6 Å². The van der Waals surface area contributed by atoms with Crippen LogP contribution < -0.4 is 5.48 Å². The summed E-state index contributed by atoms with van der Waals surface area (Å²) in [5.74, 6) is -0.516. The first-order chi connectivity index (χ1) is 18.6. The van der Waals surface area contributed by atoms with Crippen LogP contribution in [0, 0.1) is 5.92 Å². The number of carbonyl (C=O) groups excluding carboxylic acids is 2. The predicted octanol–water partition coefficient (Wildman–Crippen LogP) is 7.95. The van der Waals surface area contributed by atoms with E-state index in [9.17, 15) is 22.8 Å². The zero-order valence-corrected chi connectivity index (χ0v) is 22.1. The number of halogens is 3. The maximum Gasteiger partial charge on any atom is 0.416 e. The molecule has 1 amide bonds. The number of hydrogen-bond acceptors (Lipinski definition) is 3. The van der Waals surface area contributed by atoms with Gasteiger partial charge in [0.05, 0.1) is 11.6 Å². The zero-order chi connectivity index (χ0) is 28.2. The Labute approximate surface area is 225 Å². The Hall–Kier alpha value is -4.07. The molecule has 3 aromatic carbocycles. The summed E-state index contributed by atoms with van der Waals surface area (Å²) in [6.45, 7) is 5.99. The molecule has 39 heavy (non-hydrogen) atoms. The second-order valence-electron chi connectivity index (χ2n) is 9.94. The van der Waals surface area contributed by atoms with Crippen molar-refractivity contribution in [3.63, 3.8) is 0 Å². The molecule has 4 rings (SSSR count). The van der Waals surface area contributed by atoms with E-state index in [-0.39, 0.29) is 12.5 Å². The quantitative estimate of drug-likeness (QED) is 0.233. The Morgan fingerprint density at radius 2 is 1.56 bits per heavy atom. The van der Waals surface area contributed by atoms with Gasteiger partial charge in [-0.3, -0.25) is 4.79 Å². The van der Waals surface area contributed by atoms with Gasteiger partial charge in [-0.1, -0.05) is 51.1 Å². The Kier molecular flexibility index (Phi) is 8.43. The summed E-state index contributed by atoms with van der Waals surface area (Å²) in [5.41, 5.74) is 5.47. The average Bonchev–Trinajstić information content (AvgIpc) is 3.34. The van der Waals surface area contributed by atoms with Crippen LogP contribution in [0.25, 0.3) is 22.0 Å². The van der Waals surface area contributed by atoms with Gasteiger partial charge in [0.15, 0.2) is 0 Å². The first kappa shape index (κ1) is 28.0. The van der Waals surface area contributed by atoms with Crippen molar-refractivity contribution in [3.05, 3.63) is 95.7 Å². The Morgan fingerprint density at radius 1 is 0.897 bits per heavy atom. The van der Waals surface area contributed by atoms with E-state index in [4.69, 9.17) is 4.84 Å². The smallest absolute Gasteiger partial charge is 0.341 e. The molecule has 5 nitrogen and oxygen atoms in total. The van der Waals surface area contributed by atoms with E-state index >= 15 is 0 Å². The summed E-state index contributed by atoms with van der Waals surface area (Å²) in [6, 6.07) is 20.3. The third-order valence-corrected chi connectivity index (χ3v) is 6.72. The molecule has 0 fully saturated rings. The van der Waals surface area contributed by atoms with Crippen molar-refractivity contribution in [2.45, 2.75) is 52.3 Å². The molecule has 1 aromatic heterocycles. The molecule has 1 N–H and O–H groups in total. The van der Waals surface area contributed by atoms with E-state index < -0.39 is 23.6 Å². The van der Waals surface area contributed by atoms with Crippen LogP contribution in [0.2, 0.25) is 0 Å². The lowest BCUT2D eigenvalue weighted by Gasteiger charge is -2.22. The van der Waals surface area contributed by atoms with Gasteiger partial charge in [-0.05, 0) is 77.9 Å². The van der Waals surface area contributed by atoms with Gasteiger partial charge in [0.2, 0.25) is 0 Å². The highest BCUT2D eigenvalue weighted by atomic mass is 19.4. The molecule has 0 aliphatic heterocycles. The largest absolute Gasteiger partial charge is 0.416 e. The third-order valence-electron chi connectivity index (χ3n) is 6.72. The van der Waals surface area contributed by atoms with Gasteiger partial charge in [-0.25, -0.2) is 4.79 Å². The molecule has 0 bridgehead atoms. The molecule has 0 aliphatic carbocycles. The lowest BCUT2D eigenvalue weighted by atomic mass is 9.96. The van der Waals surface area contributed by atoms with Gasteiger partial charge >= 0.3 is 12.1 Å². The summed E-state index contributed by atoms with van der Waals surface area (Å²) < 4.78 is 41.1. The van der Waals surface area contributed by atoms with Crippen LogP contribution in [0.3, 0.4) is 0 Å². The van der Waals surface area contributed by atoms with Crippen LogP contribution in [0.15, 0.2) is 79.0 Å². The van der Waals surface area contributed by atoms with E-state index in [0.717, 1.165) is 47.0 Å². The Morgan fingerprint density at radius 3 is 2.18 bits per heavy atom. The molecular formula is C31H31F3N2O3. The molecule has 0 saturated carbocycles. The average molecular weight is 537 g/mol. The van der Waals surface area contributed by atoms with Crippen LogP contribution in [-0.4, -0.2) is 16.4 Å². The van der Waals surface area contributed by atoms with Crippen molar-refractivity contribution in [2.24, 2.45) is 5.92 Å². The normalized spacial score (nSPS) is 12.5. The summed E-state index contributed by atoms with van der Waals surface area (Å²) in [4.78, 5) is 28.4. The minimum Gasteiger partial charge on any atom is -0.341 e. The first-order valence-corrected chi connectivity index (χ1v) is 12.9. The van der Waals surface area contributed by atoms with Gasteiger partial charge < -0.3 is 9.40 Å². The minimum absolute atomic E-state index is 0.0110. The second kappa shape index (κ2) is 11.8. The Bertz CT molecular complexity index is 1440. The fourth-order valence-electron chi connectivity index (χ4n) is 4.52. The van der Waals surface area contributed by atoms with Crippen molar-refractivity contribution in [1.82, 2.24) is 10.0 Å². The maximum absolute atomic E-state index is 13.0. The van der Waals surface area contributed by atoms with Crippen molar-refractivity contribution >= 4 is 22.8 Å². The number of rotatable bonds is 8. The molecule has 204 valence electrons. The number of hydrogen-bond donors (Lipinski definition) is 1. The highest BCUT2D eigenvalue weighted by Crippen LogP contribution is 2.34. The molecule has 0 spiro atoms. The molecule has 1 heterocycles. The Balaban J connectivity index is 1.61. The zero-order valence-electron chi connectivity index (χ0n) is 22.1. The van der Waals surface area contributed by atoms with E-state index in [1.54, 1.807) is 19.1 Å². The van der Waals surface area contributed by atoms with E-state index in [1.165, 1.54) is 12.1 Å². The number of fused-ring (bicyclic) bond motifs is 1. The van der Waals surface area contributed by atoms with Crippen molar-refractivity contribution in [3.8, 4) is 11.1 Å². The molecule has 1 unspecified atom stereocenters. The van der Waals surface area contributed by atoms with Gasteiger partial charge in [0, 0.05) is 29.1 Å². The van der Waals surface area contributed by atoms with Gasteiger partial charge in [-0.15, -0.1) is 0 Å². The molecule has 0 saturated heterocycles. The van der Waals surface area contributed by atoms with Gasteiger partial charge in [-0.2, -0.15) is 18.7 Å². The molecule has 0 aliphatic rings. The highest BCUT2D eigenvalue weighted by Gasteiger charge is 2.30. The number of benzene rings is 3. The number of amides is 1. The topological polar surface area (TPSA) is 60.3 Å². The molecule has 1 atom stereocenters. The lowest BCUT2D eigenvalue weighted by molar-refractivity contribution is -0.148. The fraction of sp³-hybridized carbons (Fsp3) is 0.290. The summed E-state index contributed by atoms with van der Waals surface area (Å²) >= 11 is 0. The van der Waals surface area contributed by atoms with Crippen molar-refractivity contribution in [2.75, 3.05) is 0 Å². The fourth-order valence-corrected chi connectivity index (χ4v) is 4.52. The van der Waals surface area contributed by atoms with Gasteiger partial charge in [0.1, 0.15) is 0 Å². The van der Waals surface area contributed by atoms with Gasteiger partial charge in [0.25, 0.3) is 5.91 Å². The third kappa shape index (κ3) is 6.69. The number of alkyl halides is 3. The predicted molar refractivity (Wildman–Crippen MR) is 145 cm³/mol. The first-order valence-electron chi connectivity index (χ1n) is 12.9. The molecular weight excluding hydrogens is 505 g/mol. The maximum atomic E-state index is 13.0. The standard InChI is InChI=1S/C31H31F3N2O3/c1-4-29(37)39-35-30(38)23-8-6-22(7-9-23)27(15-5-20(2)3)36-18-17-25-19-24(12-16-28(25)36)21-10-13-26(14-11-21)31(32,33)34/h6-14,16-20,27H,4-5,15H2,1-3H3,(H,35,38). The SMILES string of the molecule is CCC(=O)ONC(=O)c1ccc(C(CCC(C)C)n2ccc3cc(-c4ccc(C(F)(F)F)cc4)ccc32)cc1. The summed E-state index contributed by atoms with van der Waals surface area (Å²) in [5, 5.41) is 0.982. The van der Waals surface area contributed by atoms with E-state index in [0.29, 0.717) is 17.0 Å². The number of aromatic nitrogens is 1. The number of hydroxylamine groups is 1. The molecule has 8 heteroatoms. The van der Waals surface area contributed by atoms with Crippen LogP contribution in [-0.2, 0) is 15.8 Å². The van der Waals surface area contributed by atoms with Crippen LogP contribution >= 0.6 is 0 Å². The number of carbonyl (C=O) groups is 2. The van der Waals surface area contributed by atoms with E-state index in [1.807, 2.05) is 42.6 Å². The van der Waals surface area contributed by atoms with Crippen molar-refractivity contribution in [1.29, 1.82) is 0 Å².